The van der Waals surface area contributed by atoms with E-state index in [2.05, 4.69) is 5.32 Å². The molecule has 0 spiro atoms. The molecule has 0 atom stereocenters. The van der Waals surface area contributed by atoms with Crippen molar-refractivity contribution in [3.05, 3.63) is 53.6 Å². The lowest BCUT2D eigenvalue weighted by molar-refractivity contribution is -0.141. The number of anilines is 1. The molecule has 0 aliphatic rings. The van der Waals surface area contributed by atoms with Crippen molar-refractivity contribution in [2.75, 3.05) is 18.0 Å². The summed E-state index contributed by atoms with van der Waals surface area (Å²) in [6.45, 7) is 4.16. The van der Waals surface area contributed by atoms with Gasteiger partial charge in [-0.05, 0) is 55.3 Å². The highest BCUT2D eigenvalue weighted by Crippen LogP contribution is 2.41. The van der Waals surface area contributed by atoms with Gasteiger partial charge in [0.1, 0.15) is 0 Å². The van der Waals surface area contributed by atoms with Gasteiger partial charge in [-0.1, -0.05) is 12.1 Å². The van der Waals surface area contributed by atoms with Crippen LogP contribution in [0.2, 0.25) is 0 Å². The number of carbonyl (C=O) groups excluding carboxylic acids is 1. The van der Waals surface area contributed by atoms with E-state index in [-0.39, 0.29) is 11.6 Å². The Bertz CT molecular complexity index is 828. The van der Waals surface area contributed by atoms with Gasteiger partial charge in [0.2, 0.25) is 0 Å². The van der Waals surface area contributed by atoms with Crippen LogP contribution in [0, 0.1) is 0 Å². The van der Waals surface area contributed by atoms with Gasteiger partial charge < -0.3 is 5.32 Å². The van der Waals surface area contributed by atoms with Crippen LogP contribution >= 0.6 is 0 Å². The Morgan fingerprint density at radius 2 is 1.54 bits per heavy atom. The lowest BCUT2D eigenvalue weighted by Crippen LogP contribution is -2.39. The van der Waals surface area contributed by atoms with E-state index in [1.54, 1.807) is 13.8 Å². The highest BCUT2D eigenvalue weighted by Gasteiger charge is 2.37. The van der Waals surface area contributed by atoms with E-state index in [1.807, 2.05) is 0 Å². The van der Waals surface area contributed by atoms with Crippen LogP contribution in [0.3, 0.4) is 0 Å². The summed E-state index contributed by atoms with van der Waals surface area (Å²) < 4.78 is 78.7. The first kappa shape index (κ1) is 21.6. The Morgan fingerprint density at radius 1 is 0.929 bits per heavy atom. The maximum atomic E-state index is 13.3. The number of hydrogen-bond acceptors (Lipinski definition) is 1. The van der Waals surface area contributed by atoms with Crippen LogP contribution < -0.4 is 10.2 Å². The molecule has 3 nitrogen and oxygen atoms in total. The molecule has 9 heteroatoms. The minimum atomic E-state index is -4.81. The molecule has 152 valence electrons. The number of halogens is 6. The monoisotopic (exact) mass is 404 g/mol. The van der Waals surface area contributed by atoms with Crippen molar-refractivity contribution in [1.29, 1.82) is 0 Å². The molecule has 0 aliphatic heterocycles. The third kappa shape index (κ3) is 4.76. The summed E-state index contributed by atoms with van der Waals surface area (Å²) in [5, 5.41) is 2.61. The molecule has 0 unspecified atom stereocenters. The molecule has 28 heavy (non-hydrogen) atoms. The van der Waals surface area contributed by atoms with E-state index in [4.69, 9.17) is 0 Å². The summed E-state index contributed by atoms with van der Waals surface area (Å²) in [7, 11) is 0. The minimum Gasteiger partial charge on any atom is -0.338 e. The summed E-state index contributed by atoms with van der Waals surface area (Å²) in [6.07, 6.45) is -9.58. The van der Waals surface area contributed by atoms with Crippen molar-refractivity contribution in [2.24, 2.45) is 0 Å². The van der Waals surface area contributed by atoms with Crippen molar-refractivity contribution < 1.29 is 31.1 Å². The molecule has 0 heterocycles. The maximum Gasteiger partial charge on any atom is 0.417 e. The number of nitrogens with zero attached hydrogens (tertiary/aromatic N) is 1. The van der Waals surface area contributed by atoms with Crippen molar-refractivity contribution in [1.82, 2.24) is 5.32 Å². The van der Waals surface area contributed by atoms with Crippen LogP contribution in [0.25, 0.3) is 11.1 Å². The molecular weight excluding hydrogens is 386 g/mol. The fourth-order valence-electron chi connectivity index (χ4n) is 2.72. The fourth-order valence-corrected chi connectivity index (χ4v) is 2.72. The zero-order valence-electron chi connectivity index (χ0n) is 15.1. The van der Waals surface area contributed by atoms with E-state index < -0.39 is 29.0 Å². The molecule has 2 rings (SSSR count). The predicted molar refractivity (Wildman–Crippen MR) is 94.0 cm³/mol. The van der Waals surface area contributed by atoms with Gasteiger partial charge in [-0.25, -0.2) is 4.79 Å². The number of hydrogen-bond donors (Lipinski definition) is 1. The van der Waals surface area contributed by atoms with Crippen molar-refractivity contribution in [2.45, 2.75) is 26.2 Å². The molecule has 1 N–H and O–H groups in total. The summed E-state index contributed by atoms with van der Waals surface area (Å²) in [5.41, 5.74) is -2.52. The molecule has 0 saturated carbocycles. The van der Waals surface area contributed by atoms with E-state index >= 15 is 0 Å². The zero-order chi connectivity index (χ0) is 21.1. The fraction of sp³-hybridized carbons (Fsp3) is 0.316. The number of amides is 2. The van der Waals surface area contributed by atoms with Gasteiger partial charge in [-0.15, -0.1) is 0 Å². The number of rotatable bonds is 4. The Labute approximate surface area is 158 Å². The summed E-state index contributed by atoms with van der Waals surface area (Å²) in [6, 6.07) is 6.27. The first-order valence-corrected chi connectivity index (χ1v) is 8.43. The molecule has 0 bridgehead atoms. The Morgan fingerprint density at radius 3 is 2.00 bits per heavy atom. The maximum absolute atomic E-state index is 13.3. The van der Waals surface area contributed by atoms with Crippen LogP contribution in [-0.4, -0.2) is 19.1 Å². The Balaban J connectivity index is 2.51. The Kier molecular flexibility index (Phi) is 6.26. The average Bonchev–Trinajstić information content (AvgIpc) is 2.61. The second-order valence-corrected chi connectivity index (χ2v) is 5.88. The van der Waals surface area contributed by atoms with Crippen LogP contribution in [-0.2, 0) is 12.4 Å². The van der Waals surface area contributed by atoms with Crippen molar-refractivity contribution in [3.8, 4) is 11.1 Å². The van der Waals surface area contributed by atoms with Crippen LogP contribution in [0.1, 0.15) is 25.0 Å². The highest BCUT2D eigenvalue weighted by molar-refractivity contribution is 5.92. The predicted octanol–water partition coefficient (Wildman–Crippen LogP) is 5.95. The zero-order valence-corrected chi connectivity index (χ0v) is 15.1. The van der Waals surface area contributed by atoms with Crippen LogP contribution in [0.15, 0.2) is 42.5 Å². The third-order valence-electron chi connectivity index (χ3n) is 4.03. The van der Waals surface area contributed by atoms with Gasteiger partial charge in [0, 0.05) is 18.8 Å². The molecular formula is C19H18F6N2O. The topological polar surface area (TPSA) is 32.3 Å². The lowest BCUT2D eigenvalue weighted by atomic mass is 9.96. The van der Waals surface area contributed by atoms with Gasteiger partial charge in [0.25, 0.3) is 0 Å². The molecule has 0 aliphatic carbocycles. The quantitative estimate of drug-likeness (QED) is 0.628. The third-order valence-corrected chi connectivity index (χ3v) is 4.03. The van der Waals surface area contributed by atoms with Crippen LogP contribution in [0.5, 0.6) is 0 Å². The smallest absolute Gasteiger partial charge is 0.338 e. The van der Waals surface area contributed by atoms with E-state index in [0.717, 1.165) is 0 Å². The van der Waals surface area contributed by atoms with E-state index in [0.29, 0.717) is 37.0 Å². The number of urea groups is 1. The van der Waals surface area contributed by atoms with Gasteiger partial charge >= 0.3 is 18.4 Å². The molecule has 0 aromatic heterocycles. The number of alkyl halides is 6. The first-order chi connectivity index (χ1) is 13.0. The van der Waals surface area contributed by atoms with Crippen LogP contribution in [0.4, 0.5) is 36.8 Å². The van der Waals surface area contributed by atoms with Gasteiger partial charge in [0.15, 0.2) is 0 Å². The number of carbonyl (C=O) groups is 1. The standard InChI is InChI=1S/C19H18F6N2O/c1-3-26-17(28)27(4-2)14-8-5-12(6-9-14)15-11-13(18(20,21)22)7-10-16(15)19(23,24)25/h5-11H,3-4H2,1-2H3,(H,26,28). The molecule has 2 aromatic carbocycles. The largest absolute Gasteiger partial charge is 0.417 e. The van der Waals surface area contributed by atoms with Crippen molar-refractivity contribution >= 4 is 11.7 Å². The van der Waals surface area contributed by atoms with Gasteiger partial charge in [-0.2, -0.15) is 26.3 Å². The van der Waals surface area contributed by atoms with E-state index in [1.165, 1.54) is 29.2 Å². The highest BCUT2D eigenvalue weighted by atomic mass is 19.4. The Hall–Kier alpha value is -2.71. The van der Waals surface area contributed by atoms with Crippen molar-refractivity contribution in [3.63, 3.8) is 0 Å². The first-order valence-electron chi connectivity index (χ1n) is 8.43. The average molecular weight is 404 g/mol. The SMILES string of the molecule is CCNC(=O)N(CC)c1ccc(-c2cc(C(F)(F)F)ccc2C(F)(F)F)cc1. The molecule has 0 radical (unpaired) electrons. The molecule has 0 fully saturated rings. The normalized spacial score (nSPS) is 12.0. The summed E-state index contributed by atoms with van der Waals surface area (Å²) >= 11 is 0. The molecule has 2 aromatic rings. The summed E-state index contributed by atoms with van der Waals surface area (Å²) in [5.74, 6) is 0. The second-order valence-electron chi connectivity index (χ2n) is 5.88. The van der Waals surface area contributed by atoms with Gasteiger partial charge in [0.05, 0.1) is 11.1 Å². The summed E-state index contributed by atoms with van der Waals surface area (Å²) in [4.78, 5) is 13.4. The minimum absolute atomic E-state index is 0.0332. The molecule has 2 amide bonds. The molecule has 0 saturated heterocycles. The van der Waals surface area contributed by atoms with Gasteiger partial charge in [-0.3, -0.25) is 4.90 Å². The number of benzene rings is 2. The lowest BCUT2D eigenvalue weighted by Gasteiger charge is -2.22. The number of nitrogens with one attached hydrogen (secondary N) is 1. The second kappa shape index (κ2) is 8.12. The van der Waals surface area contributed by atoms with E-state index in [9.17, 15) is 31.1 Å².